The Bertz CT molecular complexity index is 1210. The van der Waals surface area contributed by atoms with Crippen molar-refractivity contribution < 1.29 is 28.5 Å². The van der Waals surface area contributed by atoms with Crippen LogP contribution in [0.15, 0.2) is 85.0 Å². The van der Waals surface area contributed by atoms with Gasteiger partial charge in [0.25, 0.3) is 0 Å². The molecule has 0 N–H and O–H groups in total. The van der Waals surface area contributed by atoms with Gasteiger partial charge in [-0.05, 0) is 74.9 Å². The van der Waals surface area contributed by atoms with E-state index in [4.69, 9.17) is 18.9 Å². The van der Waals surface area contributed by atoms with E-state index in [1.54, 1.807) is 13.8 Å². The first-order valence-corrected chi connectivity index (χ1v) is 13.7. The molecule has 2 aromatic rings. The SMILES string of the molecule is C=C(C)Cc1cc(C(C)(C)c2ccc(OCCOC(=O)C(=C)C)c(CC(=C)C)c2)ccc1OCCOC(=O)C(=C)C. The zero-order valence-electron chi connectivity index (χ0n) is 25.5. The van der Waals surface area contributed by atoms with E-state index in [0.717, 1.165) is 44.9 Å². The summed E-state index contributed by atoms with van der Waals surface area (Å²) >= 11 is 0. The summed E-state index contributed by atoms with van der Waals surface area (Å²) in [5.74, 6) is 0.610. The van der Waals surface area contributed by atoms with E-state index in [0.29, 0.717) is 24.0 Å². The van der Waals surface area contributed by atoms with Crippen LogP contribution in [0, 0.1) is 0 Å². The van der Waals surface area contributed by atoms with Gasteiger partial charge in [-0.25, -0.2) is 9.59 Å². The van der Waals surface area contributed by atoms with Crippen LogP contribution >= 0.6 is 0 Å². The second-order valence-corrected chi connectivity index (χ2v) is 11.1. The Balaban J connectivity index is 2.28. The lowest BCUT2D eigenvalue weighted by Gasteiger charge is -2.28. The summed E-state index contributed by atoms with van der Waals surface area (Å²) in [7, 11) is 0. The van der Waals surface area contributed by atoms with Crippen molar-refractivity contribution in [2.75, 3.05) is 26.4 Å². The summed E-state index contributed by atoms with van der Waals surface area (Å²) < 4.78 is 22.3. The molecule has 0 amide bonds. The molecule has 41 heavy (non-hydrogen) atoms. The van der Waals surface area contributed by atoms with Crippen molar-refractivity contribution in [3.8, 4) is 11.5 Å². The smallest absolute Gasteiger partial charge is 0.333 e. The summed E-state index contributed by atoms with van der Waals surface area (Å²) in [6.45, 7) is 27.7. The van der Waals surface area contributed by atoms with Gasteiger partial charge >= 0.3 is 11.9 Å². The minimum Gasteiger partial charge on any atom is -0.490 e. The van der Waals surface area contributed by atoms with Crippen molar-refractivity contribution in [1.82, 2.24) is 0 Å². The zero-order valence-corrected chi connectivity index (χ0v) is 25.5. The molecule has 0 aliphatic heterocycles. The Labute approximate surface area is 245 Å². The molecule has 0 atom stereocenters. The molecule has 0 spiro atoms. The average molecular weight is 561 g/mol. The van der Waals surface area contributed by atoms with Crippen LogP contribution in [0.25, 0.3) is 0 Å². The Morgan fingerprint density at radius 2 is 1.00 bits per heavy atom. The maximum absolute atomic E-state index is 11.7. The lowest BCUT2D eigenvalue weighted by atomic mass is 9.76. The number of carbonyl (C=O) groups is 2. The Morgan fingerprint density at radius 3 is 1.32 bits per heavy atom. The van der Waals surface area contributed by atoms with Crippen LogP contribution in [0.1, 0.15) is 63.8 Å². The third kappa shape index (κ3) is 10.1. The van der Waals surface area contributed by atoms with Gasteiger partial charge in [-0.3, -0.25) is 0 Å². The molecule has 220 valence electrons. The van der Waals surface area contributed by atoms with E-state index in [9.17, 15) is 9.59 Å². The lowest BCUT2D eigenvalue weighted by molar-refractivity contribution is -0.140. The van der Waals surface area contributed by atoms with E-state index in [1.165, 1.54) is 0 Å². The number of carbonyl (C=O) groups excluding carboxylic acids is 2. The standard InChI is InChI=1S/C35H44O6/c1-23(2)19-27-21-29(11-13-31(27)38-15-17-40-33(36)25(5)6)35(9,10)30-12-14-32(28(22-30)20-24(3)4)39-16-18-41-34(37)26(7)8/h11-14,21-22H,1,3,5,7,15-20H2,2,4,6,8-10H3. The number of allylic oxidation sites excluding steroid dienone is 2. The molecule has 6 heteroatoms. The Morgan fingerprint density at radius 1 is 0.634 bits per heavy atom. The first kappa shape index (κ1) is 33.1. The predicted octanol–water partition coefficient (Wildman–Crippen LogP) is 7.25. The highest BCUT2D eigenvalue weighted by Gasteiger charge is 2.26. The fourth-order valence-electron chi connectivity index (χ4n) is 4.13. The number of ether oxygens (including phenoxy) is 4. The molecule has 2 rings (SSSR count). The quantitative estimate of drug-likeness (QED) is 0.0932. The minimum absolute atomic E-state index is 0.141. The molecule has 0 bridgehead atoms. The maximum Gasteiger partial charge on any atom is 0.333 e. The molecule has 0 heterocycles. The van der Waals surface area contributed by atoms with E-state index in [2.05, 4.69) is 64.4 Å². The normalized spacial score (nSPS) is 10.9. The molecular formula is C35H44O6. The molecule has 0 saturated carbocycles. The van der Waals surface area contributed by atoms with Crippen molar-refractivity contribution in [3.05, 3.63) is 107 Å². The largest absolute Gasteiger partial charge is 0.490 e. The summed E-state index contributed by atoms with van der Waals surface area (Å²) in [6.07, 6.45) is 1.32. The summed E-state index contributed by atoms with van der Waals surface area (Å²) in [6, 6.07) is 12.4. The van der Waals surface area contributed by atoms with Crippen LogP contribution in [0.4, 0.5) is 0 Å². The number of hydrogen-bond donors (Lipinski definition) is 0. The van der Waals surface area contributed by atoms with Gasteiger partial charge < -0.3 is 18.9 Å². The topological polar surface area (TPSA) is 71.1 Å². The van der Waals surface area contributed by atoms with Gasteiger partial charge in [-0.2, -0.15) is 0 Å². The van der Waals surface area contributed by atoms with Gasteiger partial charge in [-0.15, -0.1) is 0 Å². The van der Waals surface area contributed by atoms with E-state index in [-0.39, 0.29) is 31.8 Å². The molecular weight excluding hydrogens is 516 g/mol. The molecule has 2 aromatic carbocycles. The van der Waals surface area contributed by atoms with Gasteiger partial charge in [0.15, 0.2) is 0 Å². The molecule has 0 saturated heterocycles. The molecule has 6 nitrogen and oxygen atoms in total. The summed E-state index contributed by atoms with van der Waals surface area (Å²) in [5.41, 5.74) is 6.67. The van der Waals surface area contributed by atoms with Crippen molar-refractivity contribution in [2.24, 2.45) is 0 Å². The summed E-state index contributed by atoms with van der Waals surface area (Å²) in [4.78, 5) is 23.3. The lowest BCUT2D eigenvalue weighted by Crippen LogP contribution is -2.20. The summed E-state index contributed by atoms with van der Waals surface area (Å²) in [5, 5.41) is 0. The van der Waals surface area contributed by atoms with E-state index < -0.39 is 11.9 Å². The van der Waals surface area contributed by atoms with Crippen LogP contribution in [0.3, 0.4) is 0 Å². The third-order valence-electron chi connectivity index (χ3n) is 6.39. The first-order chi connectivity index (χ1) is 19.2. The monoisotopic (exact) mass is 560 g/mol. The molecule has 0 aliphatic carbocycles. The van der Waals surface area contributed by atoms with Crippen molar-refractivity contribution in [2.45, 2.75) is 59.8 Å². The van der Waals surface area contributed by atoms with Crippen molar-refractivity contribution in [3.63, 3.8) is 0 Å². The third-order valence-corrected chi connectivity index (χ3v) is 6.39. The van der Waals surface area contributed by atoms with Crippen LogP contribution < -0.4 is 9.47 Å². The van der Waals surface area contributed by atoms with Gasteiger partial charge in [0.05, 0.1) is 0 Å². The van der Waals surface area contributed by atoms with Crippen molar-refractivity contribution >= 4 is 11.9 Å². The van der Waals surface area contributed by atoms with E-state index >= 15 is 0 Å². The van der Waals surface area contributed by atoms with Gasteiger partial charge in [-0.1, -0.05) is 75.6 Å². The van der Waals surface area contributed by atoms with Gasteiger partial charge in [0, 0.05) is 16.6 Å². The van der Waals surface area contributed by atoms with Crippen LogP contribution in [-0.4, -0.2) is 38.4 Å². The van der Waals surface area contributed by atoms with Crippen LogP contribution in [-0.2, 0) is 37.3 Å². The van der Waals surface area contributed by atoms with Crippen molar-refractivity contribution in [1.29, 1.82) is 0 Å². The molecule has 0 aliphatic rings. The van der Waals surface area contributed by atoms with Gasteiger partial charge in [0.1, 0.15) is 37.9 Å². The highest BCUT2D eigenvalue weighted by molar-refractivity contribution is 5.87. The number of benzene rings is 2. The van der Waals surface area contributed by atoms with Crippen LogP contribution in [0.2, 0.25) is 0 Å². The number of rotatable bonds is 16. The highest BCUT2D eigenvalue weighted by atomic mass is 16.6. The number of esters is 2. The first-order valence-electron chi connectivity index (χ1n) is 13.7. The minimum atomic E-state index is -0.429. The average Bonchev–Trinajstić information content (AvgIpc) is 2.89. The maximum atomic E-state index is 11.7. The Hall–Kier alpha value is -4.06. The second-order valence-electron chi connectivity index (χ2n) is 11.1. The number of hydrogen-bond acceptors (Lipinski definition) is 6. The fourth-order valence-corrected chi connectivity index (χ4v) is 4.13. The molecule has 0 fully saturated rings. The molecule has 0 aromatic heterocycles. The predicted molar refractivity (Wildman–Crippen MR) is 165 cm³/mol. The van der Waals surface area contributed by atoms with Crippen LogP contribution in [0.5, 0.6) is 11.5 Å². The molecule has 0 radical (unpaired) electrons. The zero-order chi connectivity index (χ0) is 30.7. The highest BCUT2D eigenvalue weighted by Crippen LogP contribution is 2.37. The van der Waals surface area contributed by atoms with E-state index in [1.807, 2.05) is 26.0 Å². The van der Waals surface area contributed by atoms with Gasteiger partial charge in [0.2, 0.25) is 0 Å². The fraction of sp³-hybridized carbons (Fsp3) is 0.371. The second kappa shape index (κ2) is 15.1. The molecule has 0 unspecified atom stereocenters. The Kier molecular flexibility index (Phi) is 12.2.